The van der Waals surface area contributed by atoms with E-state index in [1.54, 1.807) is 0 Å². The predicted molar refractivity (Wildman–Crippen MR) is 110 cm³/mol. The third kappa shape index (κ3) is 5.80. The number of thiocarbonyl (C=S) groups is 1. The molecule has 25 heavy (non-hydrogen) atoms. The molecule has 1 heterocycles. The van der Waals surface area contributed by atoms with E-state index in [9.17, 15) is 0 Å². The van der Waals surface area contributed by atoms with E-state index in [0.29, 0.717) is 0 Å². The van der Waals surface area contributed by atoms with Gasteiger partial charge in [-0.05, 0) is 82.5 Å². The molecule has 0 bridgehead atoms. The third-order valence-electron chi connectivity index (χ3n) is 4.11. The fourth-order valence-corrected chi connectivity index (χ4v) is 3.17. The largest absolute Gasteiger partial charge is 0.339 e. The van der Waals surface area contributed by atoms with Gasteiger partial charge in [0, 0.05) is 25.0 Å². The molecule has 0 amide bonds. The molecule has 1 aromatic heterocycles. The van der Waals surface area contributed by atoms with Crippen molar-refractivity contribution < 1.29 is 0 Å². The monoisotopic (exact) mass is 356 g/mol. The molecule has 0 saturated carbocycles. The van der Waals surface area contributed by atoms with E-state index in [0.717, 1.165) is 29.6 Å². The van der Waals surface area contributed by atoms with Gasteiger partial charge in [-0.25, -0.2) is 0 Å². The summed E-state index contributed by atoms with van der Waals surface area (Å²) < 4.78 is 0. The minimum atomic E-state index is 0.104. The average Bonchev–Trinajstić information content (AvgIpc) is 2.54. The molecular formula is C20H28N4S. The third-order valence-corrected chi connectivity index (χ3v) is 4.44. The second-order valence-electron chi connectivity index (χ2n) is 6.73. The highest BCUT2D eigenvalue weighted by Crippen LogP contribution is 2.20. The second kappa shape index (κ2) is 8.92. The Morgan fingerprint density at radius 2 is 1.80 bits per heavy atom. The number of pyridine rings is 1. The Kier molecular flexibility index (Phi) is 6.91. The molecule has 0 radical (unpaired) electrons. The molecule has 0 aliphatic carbocycles. The Bertz CT molecular complexity index is 680. The molecule has 5 heteroatoms. The molecule has 0 aliphatic rings. The number of hydrogen-bond acceptors (Lipinski definition) is 3. The maximum atomic E-state index is 5.74. The van der Waals surface area contributed by atoms with Crippen LogP contribution in [-0.2, 0) is 0 Å². The van der Waals surface area contributed by atoms with Gasteiger partial charge >= 0.3 is 0 Å². The molecule has 134 valence electrons. The minimum absolute atomic E-state index is 0.104. The van der Waals surface area contributed by atoms with Gasteiger partial charge in [0.15, 0.2) is 5.11 Å². The van der Waals surface area contributed by atoms with Gasteiger partial charge in [0.1, 0.15) is 0 Å². The molecule has 0 spiro atoms. The summed E-state index contributed by atoms with van der Waals surface area (Å²) in [5, 5.41) is 4.14. The fourth-order valence-electron chi connectivity index (χ4n) is 2.80. The van der Waals surface area contributed by atoms with Crippen molar-refractivity contribution in [2.24, 2.45) is 0 Å². The predicted octanol–water partition coefficient (Wildman–Crippen LogP) is 4.02. The summed E-state index contributed by atoms with van der Waals surface area (Å²) in [5.74, 6) is 0. The van der Waals surface area contributed by atoms with Gasteiger partial charge < -0.3 is 15.1 Å². The molecule has 2 rings (SSSR count). The van der Waals surface area contributed by atoms with E-state index in [1.165, 1.54) is 11.1 Å². The Labute approximate surface area is 156 Å². The smallest absolute Gasteiger partial charge is 0.174 e. The maximum Gasteiger partial charge on any atom is 0.174 e. The van der Waals surface area contributed by atoms with Gasteiger partial charge in [-0.3, -0.25) is 4.98 Å². The van der Waals surface area contributed by atoms with E-state index in [4.69, 9.17) is 12.2 Å². The van der Waals surface area contributed by atoms with Crippen molar-refractivity contribution >= 4 is 23.0 Å². The van der Waals surface area contributed by atoms with Crippen molar-refractivity contribution in [2.75, 3.05) is 32.5 Å². The zero-order valence-electron chi connectivity index (χ0n) is 15.8. The van der Waals surface area contributed by atoms with Crippen molar-refractivity contribution in [3.8, 4) is 0 Å². The molecule has 2 aromatic rings. The highest BCUT2D eigenvalue weighted by molar-refractivity contribution is 7.80. The van der Waals surface area contributed by atoms with Crippen molar-refractivity contribution in [1.29, 1.82) is 0 Å². The molecule has 4 nitrogen and oxygen atoms in total. The molecule has 1 atom stereocenters. The molecular weight excluding hydrogens is 328 g/mol. The van der Waals surface area contributed by atoms with Crippen molar-refractivity contribution in [1.82, 2.24) is 14.8 Å². The van der Waals surface area contributed by atoms with Crippen LogP contribution in [0, 0.1) is 13.8 Å². The standard InChI is InChI=1S/C20H28N4S/c1-15-12-16(2)14-18(13-15)22-20(25)24(11-10-23(4)5)17(3)19-8-6-7-9-21-19/h6-9,12-14,17H,10-11H2,1-5H3,(H,22,25)/t17-/m0/s1. The number of nitrogens with one attached hydrogen (secondary N) is 1. The zero-order chi connectivity index (χ0) is 18.4. The first-order valence-corrected chi connectivity index (χ1v) is 8.99. The van der Waals surface area contributed by atoms with Gasteiger partial charge in [-0.15, -0.1) is 0 Å². The Balaban J connectivity index is 2.19. The van der Waals surface area contributed by atoms with E-state index in [2.05, 4.69) is 73.2 Å². The zero-order valence-corrected chi connectivity index (χ0v) is 16.6. The number of rotatable bonds is 6. The first kappa shape index (κ1) is 19.3. The molecule has 0 aliphatic heterocycles. The lowest BCUT2D eigenvalue weighted by Gasteiger charge is -2.32. The number of anilines is 1. The first-order valence-electron chi connectivity index (χ1n) is 8.58. The minimum Gasteiger partial charge on any atom is -0.339 e. The van der Waals surface area contributed by atoms with Crippen molar-refractivity contribution in [3.05, 3.63) is 59.4 Å². The molecule has 0 saturated heterocycles. The van der Waals surface area contributed by atoms with Crippen molar-refractivity contribution in [2.45, 2.75) is 26.8 Å². The van der Waals surface area contributed by atoms with E-state index >= 15 is 0 Å². The summed E-state index contributed by atoms with van der Waals surface area (Å²) in [6.07, 6.45) is 1.83. The summed E-state index contributed by atoms with van der Waals surface area (Å²) in [7, 11) is 4.15. The Hall–Kier alpha value is -1.98. The van der Waals surface area contributed by atoms with E-state index < -0.39 is 0 Å². The molecule has 1 aromatic carbocycles. The average molecular weight is 357 g/mol. The van der Waals surface area contributed by atoms with Crippen LogP contribution < -0.4 is 5.32 Å². The van der Waals surface area contributed by atoms with E-state index in [1.807, 2.05) is 24.4 Å². The number of hydrogen-bond donors (Lipinski definition) is 1. The highest BCUT2D eigenvalue weighted by atomic mass is 32.1. The summed E-state index contributed by atoms with van der Waals surface area (Å²) in [5.41, 5.74) is 4.50. The van der Waals surface area contributed by atoms with Crippen LogP contribution in [0.1, 0.15) is 29.8 Å². The van der Waals surface area contributed by atoms with Gasteiger partial charge in [0.05, 0.1) is 11.7 Å². The van der Waals surface area contributed by atoms with Crippen LogP contribution in [0.15, 0.2) is 42.6 Å². The quantitative estimate of drug-likeness (QED) is 0.790. The second-order valence-corrected chi connectivity index (χ2v) is 7.12. The van der Waals surface area contributed by atoms with Gasteiger partial charge in [0.2, 0.25) is 0 Å². The molecule has 0 unspecified atom stereocenters. The molecule has 0 fully saturated rings. The van der Waals surface area contributed by atoms with Gasteiger partial charge in [0.25, 0.3) is 0 Å². The molecule has 1 N–H and O–H groups in total. The summed E-state index contributed by atoms with van der Waals surface area (Å²) >= 11 is 5.74. The summed E-state index contributed by atoms with van der Waals surface area (Å²) in [6.45, 7) is 8.10. The lowest BCUT2D eigenvalue weighted by atomic mass is 10.1. The number of nitrogens with zero attached hydrogens (tertiary/aromatic N) is 3. The lowest BCUT2D eigenvalue weighted by Crippen LogP contribution is -2.41. The summed E-state index contributed by atoms with van der Waals surface area (Å²) in [6, 6.07) is 12.5. The highest BCUT2D eigenvalue weighted by Gasteiger charge is 2.20. The van der Waals surface area contributed by atoms with Crippen LogP contribution in [0.5, 0.6) is 0 Å². The van der Waals surface area contributed by atoms with Crippen LogP contribution in [-0.4, -0.2) is 47.1 Å². The Morgan fingerprint density at radius 3 is 2.36 bits per heavy atom. The topological polar surface area (TPSA) is 31.4 Å². The summed E-state index contributed by atoms with van der Waals surface area (Å²) in [4.78, 5) is 8.87. The number of aromatic nitrogens is 1. The first-order chi connectivity index (χ1) is 11.9. The Morgan fingerprint density at radius 1 is 1.12 bits per heavy atom. The van der Waals surface area contributed by atoms with Crippen LogP contribution >= 0.6 is 12.2 Å². The SMILES string of the molecule is Cc1cc(C)cc(NC(=S)N(CCN(C)C)[C@@H](C)c2ccccn2)c1. The van der Waals surface area contributed by atoms with Crippen LogP contribution in [0.3, 0.4) is 0 Å². The maximum absolute atomic E-state index is 5.74. The number of likely N-dealkylation sites (N-methyl/N-ethyl adjacent to an activating group) is 1. The number of benzene rings is 1. The van der Waals surface area contributed by atoms with Crippen LogP contribution in [0.4, 0.5) is 5.69 Å². The normalized spacial score (nSPS) is 12.1. The van der Waals surface area contributed by atoms with Crippen LogP contribution in [0.2, 0.25) is 0 Å². The van der Waals surface area contributed by atoms with Crippen LogP contribution in [0.25, 0.3) is 0 Å². The van der Waals surface area contributed by atoms with Gasteiger partial charge in [-0.2, -0.15) is 0 Å². The number of aryl methyl sites for hydroxylation is 2. The van der Waals surface area contributed by atoms with E-state index in [-0.39, 0.29) is 6.04 Å². The fraction of sp³-hybridized carbons (Fsp3) is 0.400. The van der Waals surface area contributed by atoms with Crippen molar-refractivity contribution in [3.63, 3.8) is 0 Å². The van der Waals surface area contributed by atoms with Gasteiger partial charge in [-0.1, -0.05) is 12.1 Å². The lowest BCUT2D eigenvalue weighted by molar-refractivity contribution is 0.286.